The number of hydrogen-bond donors (Lipinski definition) is 2. The normalized spacial score (nSPS) is 19.7. The molecule has 2 saturated heterocycles. The molecule has 5 nitrogen and oxygen atoms in total. The first-order valence-corrected chi connectivity index (χ1v) is 12.5. The molecule has 2 aliphatic heterocycles. The van der Waals surface area contributed by atoms with Crippen LogP contribution in [-0.4, -0.2) is 47.0 Å². The first kappa shape index (κ1) is 22.1. The number of benzene rings is 1. The molecule has 3 aromatic rings. The van der Waals surface area contributed by atoms with Gasteiger partial charge in [0, 0.05) is 47.5 Å². The number of likely N-dealkylation sites (tertiary alicyclic amines) is 1. The SMILES string of the molecule is Cc1cc(-c2[nH]c3ccc(C4CCN(C(=O)C5CCNC5)CC4)cc3c2C(C)C)cc(C)n1. The summed E-state index contributed by atoms with van der Waals surface area (Å²) < 4.78 is 0. The first-order chi connectivity index (χ1) is 15.9. The summed E-state index contributed by atoms with van der Waals surface area (Å²) in [5.74, 6) is 1.47. The number of aromatic amines is 1. The molecule has 4 heterocycles. The summed E-state index contributed by atoms with van der Waals surface area (Å²) in [7, 11) is 0. The van der Waals surface area contributed by atoms with Gasteiger partial charge in [0.1, 0.15) is 0 Å². The van der Waals surface area contributed by atoms with E-state index in [1.54, 1.807) is 0 Å². The fourth-order valence-corrected chi connectivity index (χ4v) is 5.85. The Balaban J connectivity index is 1.41. The van der Waals surface area contributed by atoms with Gasteiger partial charge in [-0.3, -0.25) is 9.78 Å². The molecule has 0 radical (unpaired) electrons. The largest absolute Gasteiger partial charge is 0.354 e. The highest BCUT2D eigenvalue weighted by atomic mass is 16.2. The monoisotopic (exact) mass is 444 g/mol. The standard InChI is InChI=1S/C28H36N4O/c1-17(2)26-24-15-21(20-8-11-32(12-9-20)28(33)22-7-10-29-16-22)5-6-25(24)31-27(26)23-13-18(3)30-19(4)14-23/h5-6,13-15,17,20,22,29,31H,7-12,16H2,1-4H3. The van der Waals surface area contributed by atoms with Gasteiger partial charge in [0.2, 0.25) is 5.91 Å². The molecule has 0 spiro atoms. The highest BCUT2D eigenvalue weighted by Crippen LogP contribution is 2.38. The number of fused-ring (bicyclic) bond motifs is 1. The number of rotatable bonds is 4. The van der Waals surface area contributed by atoms with Crippen LogP contribution in [0.1, 0.15) is 67.5 Å². The number of pyridine rings is 1. The molecular formula is C28H36N4O. The van der Waals surface area contributed by atoms with Crippen molar-refractivity contribution in [2.45, 2.75) is 58.8 Å². The van der Waals surface area contributed by atoms with E-state index < -0.39 is 0 Å². The molecule has 5 rings (SSSR count). The Hall–Kier alpha value is -2.66. The van der Waals surface area contributed by atoms with Crippen molar-refractivity contribution in [2.24, 2.45) is 5.92 Å². The lowest BCUT2D eigenvalue weighted by atomic mass is 9.87. The minimum absolute atomic E-state index is 0.185. The van der Waals surface area contributed by atoms with Gasteiger partial charge in [-0.25, -0.2) is 0 Å². The minimum Gasteiger partial charge on any atom is -0.354 e. The number of hydrogen-bond acceptors (Lipinski definition) is 3. The molecule has 0 aliphatic carbocycles. The fraction of sp³-hybridized carbons (Fsp3) is 0.500. The van der Waals surface area contributed by atoms with Crippen molar-refractivity contribution in [1.82, 2.24) is 20.2 Å². The van der Waals surface area contributed by atoms with E-state index in [2.05, 4.69) is 78.2 Å². The number of amides is 1. The molecule has 2 fully saturated rings. The van der Waals surface area contributed by atoms with Crippen LogP contribution in [0.25, 0.3) is 22.2 Å². The van der Waals surface area contributed by atoms with Crippen molar-refractivity contribution in [3.63, 3.8) is 0 Å². The van der Waals surface area contributed by atoms with Crippen LogP contribution in [-0.2, 0) is 4.79 Å². The number of nitrogens with zero attached hydrogens (tertiary/aromatic N) is 2. The molecule has 2 N–H and O–H groups in total. The van der Waals surface area contributed by atoms with Crippen LogP contribution in [0.5, 0.6) is 0 Å². The second-order valence-electron chi connectivity index (χ2n) is 10.3. The third-order valence-corrected chi connectivity index (χ3v) is 7.50. The van der Waals surface area contributed by atoms with Gasteiger partial charge < -0.3 is 15.2 Å². The third-order valence-electron chi connectivity index (χ3n) is 7.50. The van der Waals surface area contributed by atoms with Crippen LogP contribution >= 0.6 is 0 Å². The molecule has 0 bridgehead atoms. The van der Waals surface area contributed by atoms with Crippen LogP contribution in [0.3, 0.4) is 0 Å². The van der Waals surface area contributed by atoms with Crippen molar-refractivity contribution in [3.05, 3.63) is 52.8 Å². The van der Waals surface area contributed by atoms with Gasteiger partial charge in [0.15, 0.2) is 0 Å². The summed E-state index contributed by atoms with van der Waals surface area (Å²) in [6, 6.07) is 11.3. The average molecular weight is 445 g/mol. The third kappa shape index (κ3) is 4.31. The second kappa shape index (κ2) is 8.94. The summed E-state index contributed by atoms with van der Waals surface area (Å²) in [6.45, 7) is 12.3. The highest BCUT2D eigenvalue weighted by Gasteiger charge is 2.30. The number of piperidine rings is 1. The Morgan fingerprint density at radius 3 is 2.42 bits per heavy atom. The Kier molecular flexibility index (Phi) is 6.00. The predicted octanol–water partition coefficient (Wildman–Crippen LogP) is 5.29. The van der Waals surface area contributed by atoms with Crippen molar-refractivity contribution in [1.29, 1.82) is 0 Å². The van der Waals surface area contributed by atoms with Crippen molar-refractivity contribution in [3.8, 4) is 11.3 Å². The molecule has 1 unspecified atom stereocenters. The quantitative estimate of drug-likeness (QED) is 0.575. The van der Waals surface area contributed by atoms with E-state index in [4.69, 9.17) is 0 Å². The molecule has 0 saturated carbocycles. The van der Waals surface area contributed by atoms with Gasteiger partial charge in [-0.05, 0) is 86.9 Å². The van der Waals surface area contributed by atoms with E-state index >= 15 is 0 Å². The maximum absolute atomic E-state index is 12.8. The maximum Gasteiger partial charge on any atom is 0.227 e. The molecular weight excluding hydrogens is 408 g/mol. The van der Waals surface area contributed by atoms with Crippen LogP contribution < -0.4 is 5.32 Å². The summed E-state index contributed by atoms with van der Waals surface area (Å²) in [4.78, 5) is 23.2. The number of carbonyl (C=O) groups excluding carboxylic acids is 1. The van der Waals surface area contributed by atoms with Crippen molar-refractivity contribution in [2.75, 3.05) is 26.2 Å². The Labute approximate surface area is 197 Å². The van der Waals surface area contributed by atoms with Gasteiger partial charge in [-0.1, -0.05) is 19.9 Å². The molecule has 5 heteroatoms. The molecule has 1 amide bonds. The Morgan fingerprint density at radius 1 is 1.06 bits per heavy atom. The number of carbonyl (C=O) groups is 1. The minimum atomic E-state index is 0.185. The fourth-order valence-electron chi connectivity index (χ4n) is 5.85. The zero-order valence-electron chi connectivity index (χ0n) is 20.4. The second-order valence-corrected chi connectivity index (χ2v) is 10.3. The summed E-state index contributed by atoms with van der Waals surface area (Å²) in [6.07, 6.45) is 3.09. The lowest BCUT2D eigenvalue weighted by molar-refractivity contribution is -0.136. The van der Waals surface area contributed by atoms with Crippen molar-refractivity contribution < 1.29 is 4.79 Å². The number of nitrogens with one attached hydrogen (secondary N) is 2. The van der Waals surface area contributed by atoms with Crippen LogP contribution in [0, 0.1) is 19.8 Å². The molecule has 1 aromatic carbocycles. The van der Waals surface area contributed by atoms with Gasteiger partial charge >= 0.3 is 0 Å². The Morgan fingerprint density at radius 2 is 1.79 bits per heavy atom. The Bertz CT molecular complexity index is 1140. The molecule has 2 aliphatic rings. The smallest absolute Gasteiger partial charge is 0.227 e. The molecule has 1 atom stereocenters. The van der Waals surface area contributed by atoms with Crippen LogP contribution in [0.2, 0.25) is 0 Å². The topological polar surface area (TPSA) is 61.0 Å². The zero-order valence-corrected chi connectivity index (χ0v) is 20.4. The summed E-state index contributed by atoms with van der Waals surface area (Å²) in [5, 5.41) is 4.66. The highest BCUT2D eigenvalue weighted by molar-refractivity contribution is 5.92. The summed E-state index contributed by atoms with van der Waals surface area (Å²) >= 11 is 0. The lowest BCUT2D eigenvalue weighted by Gasteiger charge is -2.33. The number of aromatic nitrogens is 2. The molecule has 2 aromatic heterocycles. The predicted molar refractivity (Wildman–Crippen MR) is 135 cm³/mol. The van der Waals surface area contributed by atoms with Gasteiger partial charge in [0.25, 0.3) is 0 Å². The van der Waals surface area contributed by atoms with Gasteiger partial charge in [-0.15, -0.1) is 0 Å². The summed E-state index contributed by atoms with van der Waals surface area (Å²) in [5.41, 5.74) is 8.53. The zero-order chi connectivity index (χ0) is 23.1. The van der Waals surface area contributed by atoms with Crippen LogP contribution in [0.15, 0.2) is 30.3 Å². The number of H-pyrrole nitrogens is 1. The van der Waals surface area contributed by atoms with Gasteiger partial charge in [0.05, 0.1) is 11.6 Å². The average Bonchev–Trinajstić information content (AvgIpc) is 3.46. The van der Waals surface area contributed by atoms with E-state index in [0.717, 1.165) is 56.8 Å². The van der Waals surface area contributed by atoms with Crippen LogP contribution in [0.4, 0.5) is 0 Å². The maximum atomic E-state index is 12.8. The molecule has 33 heavy (non-hydrogen) atoms. The van der Waals surface area contributed by atoms with E-state index in [-0.39, 0.29) is 5.92 Å². The van der Waals surface area contributed by atoms with E-state index in [0.29, 0.717) is 17.7 Å². The van der Waals surface area contributed by atoms with E-state index in [1.807, 2.05) is 0 Å². The van der Waals surface area contributed by atoms with Gasteiger partial charge in [-0.2, -0.15) is 0 Å². The number of aryl methyl sites for hydroxylation is 2. The first-order valence-electron chi connectivity index (χ1n) is 12.5. The molecule has 174 valence electrons. The van der Waals surface area contributed by atoms with E-state index in [1.165, 1.54) is 33.3 Å². The van der Waals surface area contributed by atoms with Crippen molar-refractivity contribution >= 4 is 16.8 Å². The van der Waals surface area contributed by atoms with E-state index in [9.17, 15) is 4.79 Å². The lowest BCUT2D eigenvalue weighted by Crippen LogP contribution is -2.41.